The number of pyridine rings is 1. The molecule has 1 N–H and O–H groups in total. The highest BCUT2D eigenvalue weighted by Gasteiger charge is 2.11. The molecule has 0 unspecified atom stereocenters. The number of rotatable bonds is 6. The molecule has 0 aliphatic heterocycles. The van der Waals surface area contributed by atoms with Crippen LogP contribution in [0.15, 0.2) is 48.9 Å². The maximum absolute atomic E-state index is 10.1. The Morgan fingerprint density at radius 2 is 2.04 bits per heavy atom. The van der Waals surface area contributed by atoms with Gasteiger partial charge in [0.05, 0.1) is 11.6 Å². The Balaban J connectivity index is 1.57. The number of ether oxygens (including phenoxy) is 1. The second kappa shape index (κ2) is 7.61. The van der Waals surface area contributed by atoms with Crippen molar-refractivity contribution in [1.29, 1.82) is 0 Å². The summed E-state index contributed by atoms with van der Waals surface area (Å²) < 4.78 is 7.05. The quantitative estimate of drug-likeness (QED) is 0.727. The summed E-state index contributed by atoms with van der Waals surface area (Å²) in [6.45, 7) is 0.311. The van der Waals surface area contributed by atoms with Gasteiger partial charge in [0.15, 0.2) is 5.82 Å². The number of benzene rings is 1. The summed E-state index contributed by atoms with van der Waals surface area (Å²) in [4.78, 5) is 8.37. The van der Waals surface area contributed by atoms with Gasteiger partial charge in [0, 0.05) is 11.2 Å². The van der Waals surface area contributed by atoms with Crippen molar-refractivity contribution < 1.29 is 9.84 Å². The Bertz CT molecular complexity index is 811. The highest BCUT2D eigenvalue weighted by molar-refractivity contribution is 6.35. The maximum Gasteiger partial charge on any atom is 0.199 e. The van der Waals surface area contributed by atoms with Crippen LogP contribution in [-0.4, -0.2) is 37.6 Å². The zero-order valence-corrected chi connectivity index (χ0v) is 14.0. The summed E-state index contributed by atoms with van der Waals surface area (Å²) in [7, 11) is 0. The zero-order chi connectivity index (χ0) is 16.9. The second-order valence-electron chi connectivity index (χ2n) is 5.04. The van der Waals surface area contributed by atoms with E-state index < -0.39 is 6.10 Å². The number of aliphatic hydroxyl groups is 1. The molecule has 3 rings (SSSR count). The van der Waals surface area contributed by atoms with Gasteiger partial charge in [0.1, 0.15) is 30.5 Å². The molecule has 3 aromatic rings. The molecule has 1 atom stereocenters. The maximum atomic E-state index is 10.1. The molecule has 8 heteroatoms. The van der Waals surface area contributed by atoms with E-state index >= 15 is 0 Å². The molecule has 0 fully saturated rings. The molecule has 0 bridgehead atoms. The lowest BCUT2D eigenvalue weighted by atomic mass is 10.3. The van der Waals surface area contributed by atoms with Crippen LogP contribution in [-0.2, 0) is 6.54 Å². The predicted octanol–water partition coefficient (Wildman–Crippen LogP) is 3.09. The molecular weight excluding hydrogens is 351 g/mol. The standard InChI is InChI=1S/C16H14Cl2N4O2/c17-11-4-5-15(13(18)7-11)24-9-12(23)8-22-10-20-16(21-22)14-3-1-2-6-19-14/h1-7,10,12,23H,8-9H2/t12-/m0/s1. The third kappa shape index (κ3) is 4.23. The molecule has 24 heavy (non-hydrogen) atoms. The molecule has 0 aliphatic carbocycles. The lowest BCUT2D eigenvalue weighted by molar-refractivity contribution is 0.0893. The largest absolute Gasteiger partial charge is 0.489 e. The Labute approximate surface area is 148 Å². The van der Waals surface area contributed by atoms with Gasteiger partial charge in [-0.2, -0.15) is 0 Å². The first-order valence-corrected chi connectivity index (χ1v) is 7.94. The Hall–Kier alpha value is -2.15. The smallest absolute Gasteiger partial charge is 0.199 e. The molecular formula is C16H14Cl2N4O2. The summed E-state index contributed by atoms with van der Waals surface area (Å²) >= 11 is 11.8. The van der Waals surface area contributed by atoms with Crippen LogP contribution < -0.4 is 4.74 Å². The Kier molecular flexibility index (Phi) is 5.30. The summed E-state index contributed by atoms with van der Waals surface area (Å²) in [6.07, 6.45) is 2.45. The van der Waals surface area contributed by atoms with Crippen LogP contribution in [0.25, 0.3) is 11.5 Å². The molecule has 0 radical (unpaired) electrons. The SMILES string of the molecule is O[C@H](COc1ccc(Cl)cc1Cl)Cn1cnc(-c2ccccn2)n1. The van der Waals surface area contributed by atoms with Crippen molar-refractivity contribution in [2.75, 3.05) is 6.61 Å². The van der Waals surface area contributed by atoms with Gasteiger partial charge in [0.2, 0.25) is 0 Å². The fourth-order valence-corrected chi connectivity index (χ4v) is 2.50. The summed E-state index contributed by atoms with van der Waals surface area (Å²) in [6, 6.07) is 10.4. The van der Waals surface area contributed by atoms with Gasteiger partial charge >= 0.3 is 0 Å². The molecule has 1 aromatic carbocycles. The predicted molar refractivity (Wildman–Crippen MR) is 91.2 cm³/mol. The first-order valence-electron chi connectivity index (χ1n) is 7.18. The van der Waals surface area contributed by atoms with Crippen molar-refractivity contribution in [3.8, 4) is 17.3 Å². The zero-order valence-electron chi connectivity index (χ0n) is 12.5. The van der Waals surface area contributed by atoms with Crippen molar-refractivity contribution in [3.05, 3.63) is 59.0 Å². The summed E-state index contributed by atoms with van der Waals surface area (Å²) in [5.41, 5.74) is 0.676. The van der Waals surface area contributed by atoms with Crippen LogP contribution in [0.3, 0.4) is 0 Å². The van der Waals surface area contributed by atoms with Crippen LogP contribution >= 0.6 is 23.2 Å². The van der Waals surface area contributed by atoms with Gasteiger partial charge in [-0.15, -0.1) is 5.10 Å². The van der Waals surface area contributed by atoms with Gasteiger partial charge in [-0.25, -0.2) is 9.67 Å². The third-order valence-electron chi connectivity index (χ3n) is 3.15. The van der Waals surface area contributed by atoms with E-state index in [0.717, 1.165) is 0 Å². The minimum atomic E-state index is -0.768. The normalized spacial score (nSPS) is 12.1. The van der Waals surface area contributed by atoms with Crippen molar-refractivity contribution in [3.63, 3.8) is 0 Å². The Morgan fingerprint density at radius 1 is 1.17 bits per heavy atom. The third-order valence-corrected chi connectivity index (χ3v) is 3.68. The molecule has 2 heterocycles. The average molecular weight is 365 g/mol. The fraction of sp³-hybridized carbons (Fsp3) is 0.188. The lowest BCUT2D eigenvalue weighted by Gasteiger charge is -2.13. The summed E-state index contributed by atoms with van der Waals surface area (Å²) in [5, 5.41) is 15.3. The number of hydrogen-bond donors (Lipinski definition) is 1. The van der Waals surface area contributed by atoms with Crippen LogP contribution in [0.1, 0.15) is 0 Å². The van der Waals surface area contributed by atoms with Gasteiger partial charge in [-0.3, -0.25) is 4.98 Å². The molecule has 0 saturated carbocycles. The van der Waals surface area contributed by atoms with Crippen molar-refractivity contribution in [1.82, 2.24) is 19.7 Å². The van der Waals surface area contributed by atoms with Gasteiger partial charge in [-0.05, 0) is 30.3 Å². The highest BCUT2D eigenvalue weighted by atomic mass is 35.5. The molecule has 2 aromatic heterocycles. The van der Waals surface area contributed by atoms with Crippen LogP contribution in [0, 0.1) is 0 Å². The minimum Gasteiger partial charge on any atom is -0.489 e. The van der Waals surface area contributed by atoms with E-state index in [-0.39, 0.29) is 13.2 Å². The minimum absolute atomic E-state index is 0.0696. The number of nitrogens with zero attached hydrogens (tertiary/aromatic N) is 4. The fourth-order valence-electron chi connectivity index (χ4n) is 2.04. The molecule has 0 amide bonds. The number of hydrogen-bond acceptors (Lipinski definition) is 5. The first-order chi connectivity index (χ1) is 11.6. The first kappa shape index (κ1) is 16.7. The van der Waals surface area contributed by atoms with Crippen LogP contribution in [0.4, 0.5) is 0 Å². The highest BCUT2D eigenvalue weighted by Crippen LogP contribution is 2.27. The molecule has 0 saturated heterocycles. The van der Waals surface area contributed by atoms with E-state index in [1.165, 1.54) is 0 Å². The van der Waals surface area contributed by atoms with E-state index in [2.05, 4.69) is 15.1 Å². The van der Waals surface area contributed by atoms with E-state index in [1.807, 2.05) is 18.2 Å². The second-order valence-corrected chi connectivity index (χ2v) is 5.89. The van der Waals surface area contributed by atoms with Crippen LogP contribution in [0.2, 0.25) is 10.0 Å². The van der Waals surface area contributed by atoms with E-state index in [9.17, 15) is 5.11 Å². The van der Waals surface area contributed by atoms with Gasteiger partial charge in [-0.1, -0.05) is 29.3 Å². The topological polar surface area (TPSA) is 73.1 Å². The Morgan fingerprint density at radius 3 is 2.79 bits per heavy atom. The molecule has 0 spiro atoms. The van der Waals surface area contributed by atoms with Crippen molar-refractivity contribution in [2.45, 2.75) is 12.6 Å². The number of aromatic nitrogens is 4. The molecule has 124 valence electrons. The molecule has 0 aliphatic rings. The van der Waals surface area contributed by atoms with Crippen molar-refractivity contribution in [2.24, 2.45) is 0 Å². The number of halogens is 2. The van der Waals surface area contributed by atoms with Crippen molar-refractivity contribution >= 4 is 23.2 Å². The average Bonchev–Trinajstić information content (AvgIpc) is 3.03. The van der Waals surface area contributed by atoms with E-state index in [4.69, 9.17) is 27.9 Å². The lowest BCUT2D eigenvalue weighted by Crippen LogP contribution is -2.24. The van der Waals surface area contributed by atoms with Gasteiger partial charge in [0.25, 0.3) is 0 Å². The monoisotopic (exact) mass is 364 g/mol. The van der Waals surface area contributed by atoms with E-state index in [0.29, 0.717) is 27.3 Å². The molecule has 6 nitrogen and oxygen atoms in total. The van der Waals surface area contributed by atoms with E-state index in [1.54, 1.807) is 35.4 Å². The number of aliphatic hydroxyl groups excluding tert-OH is 1. The van der Waals surface area contributed by atoms with Crippen LogP contribution in [0.5, 0.6) is 5.75 Å². The summed E-state index contributed by atoms with van der Waals surface area (Å²) in [5.74, 6) is 0.970. The van der Waals surface area contributed by atoms with Gasteiger partial charge < -0.3 is 9.84 Å².